The summed E-state index contributed by atoms with van der Waals surface area (Å²) in [4.78, 5) is 42.8. The maximum Gasteiger partial charge on any atom is 0.252 e. The van der Waals surface area contributed by atoms with E-state index in [-0.39, 0.29) is 23.3 Å². The molecule has 28 heavy (non-hydrogen) atoms. The van der Waals surface area contributed by atoms with Crippen LogP contribution in [0, 0.1) is 5.92 Å². The number of aromatic nitrogens is 2. The zero-order valence-electron chi connectivity index (χ0n) is 16.1. The fraction of sp³-hybridized carbons (Fsp3) is 0.429. The van der Waals surface area contributed by atoms with Crippen molar-refractivity contribution in [1.29, 1.82) is 0 Å². The summed E-state index contributed by atoms with van der Waals surface area (Å²) in [5.41, 5.74) is 2.84. The lowest BCUT2D eigenvalue weighted by Crippen LogP contribution is -2.48. The molecule has 2 amide bonds. The second-order valence-electron chi connectivity index (χ2n) is 7.63. The summed E-state index contributed by atoms with van der Waals surface area (Å²) >= 11 is 0. The van der Waals surface area contributed by atoms with Crippen molar-refractivity contribution in [3.63, 3.8) is 0 Å². The van der Waals surface area contributed by atoms with Crippen LogP contribution in [0.4, 0.5) is 0 Å². The van der Waals surface area contributed by atoms with E-state index < -0.39 is 0 Å². The van der Waals surface area contributed by atoms with Crippen molar-refractivity contribution >= 4 is 11.8 Å². The van der Waals surface area contributed by atoms with Gasteiger partial charge in [-0.15, -0.1) is 0 Å². The van der Waals surface area contributed by atoms with Crippen LogP contribution < -0.4 is 10.9 Å². The van der Waals surface area contributed by atoms with Crippen LogP contribution in [0.25, 0.3) is 11.3 Å². The van der Waals surface area contributed by atoms with E-state index in [1.807, 2.05) is 22.5 Å². The van der Waals surface area contributed by atoms with Gasteiger partial charge in [0.15, 0.2) is 0 Å². The normalized spacial score (nSPS) is 20.4. The van der Waals surface area contributed by atoms with Gasteiger partial charge in [-0.25, -0.2) is 0 Å². The number of nitrogens with one attached hydrogen (secondary N) is 1. The Labute approximate surface area is 163 Å². The largest absolute Gasteiger partial charge is 0.352 e. The van der Waals surface area contributed by atoms with Crippen LogP contribution in [-0.4, -0.2) is 45.9 Å². The SMILES string of the molecule is CCNC(=O)c1ccc(-c2cc3n(c(=O)c2)C[C@H]2C[C@@H]3CN(C(C)=O)C2)nc1. The summed E-state index contributed by atoms with van der Waals surface area (Å²) in [5, 5.41) is 2.74. The molecule has 1 fully saturated rings. The van der Waals surface area contributed by atoms with Crippen molar-refractivity contribution in [1.82, 2.24) is 19.8 Å². The molecule has 0 unspecified atom stereocenters. The highest BCUT2D eigenvalue weighted by Gasteiger charge is 2.35. The van der Waals surface area contributed by atoms with Gasteiger partial charge in [-0.3, -0.25) is 19.4 Å². The van der Waals surface area contributed by atoms with Crippen molar-refractivity contribution < 1.29 is 9.59 Å². The predicted molar refractivity (Wildman–Crippen MR) is 105 cm³/mol. The number of likely N-dealkylation sites (tertiary alicyclic amines) is 1. The predicted octanol–water partition coefficient (Wildman–Crippen LogP) is 1.63. The van der Waals surface area contributed by atoms with Gasteiger partial charge in [0.2, 0.25) is 5.91 Å². The van der Waals surface area contributed by atoms with E-state index in [4.69, 9.17) is 0 Å². The smallest absolute Gasteiger partial charge is 0.252 e. The third kappa shape index (κ3) is 3.32. The molecule has 2 atom stereocenters. The van der Waals surface area contributed by atoms with Gasteiger partial charge in [0.1, 0.15) is 0 Å². The van der Waals surface area contributed by atoms with Gasteiger partial charge in [0.25, 0.3) is 11.5 Å². The van der Waals surface area contributed by atoms with E-state index in [0.29, 0.717) is 36.8 Å². The molecule has 0 saturated carbocycles. The van der Waals surface area contributed by atoms with Gasteiger partial charge >= 0.3 is 0 Å². The average Bonchev–Trinajstić information content (AvgIpc) is 2.69. The highest BCUT2D eigenvalue weighted by atomic mass is 16.2. The highest BCUT2D eigenvalue weighted by molar-refractivity contribution is 5.94. The lowest BCUT2D eigenvalue weighted by molar-refractivity contribution is -0.131. The minimum atomic E-state index is -0.162. The monoisotopic (exact) mass is 380 g/mol. The minimum absolute atomic E-state index is 0.0342. The number of piperidine rings is 1. The van der Waals surface area contributed by atoms with Crippen LogP contribution in [-0.2, 0) is 11.3 Å². The topological polar surface area (TPSA) is 84.3 Å². The van der Waals surface area contributed by atoms with Crippen LogP contribution >= 0.6 is 0 Å². The van der Waals surface area contributed by atoms with E-state index >= 15 is 0 Å². The first-order valence-corrected chi connectivity index (χ1v) is 9.71. The molecule has 0 spiro atoms. The summed E-state index contributed by atoms with van der Waals surface area (Å²) < 4.78 is 1.85. The second kappa shape index (κ2) is 7.22. The Morgan fingerprint density at radius 3 is 2.71 bits per heavy atom. The molecular weight excluding hydrogens is 356 g/mol. The first-order valence-electron chi connectivity index (χ1n) is 9.71. The second-order valence-corrected chi connectivity index (χ2v) is 7.63. The molecule has 4 heterocycles. The molecule has 2 aromatic heterocycles. The van der Waals surface area contributed by atoms with Crippen molar-refractivity contribution in [2.75, 3.05) is 19.6 Å². The number of hydrogen-bond donors (Lipinski definition) is 1. The molecule has 7 heteroatoms. The van der Waals surface area contributed by atoms with Gasteiger partial charge in [-0.2, -0.15) is 0 Å². The van der Waals surface area contributed by atoms with Crippen LogP contribution in [0.1, 0.15) is 42.2 Å². The Bertz CT molecular complexity index is 980. The third-order valence-corrected chi connectivity index (χ3v) is 5.66. The van der Waals surface area contributed by atoms with Gasteiger partial charge < -0.3 is 14.8 Å². The first kappa shape index (κ1) is 18.4. The molecule has 2 aromatic rings. The van der Waals surface area contributed by atoms with E-state index in [9.17, 15) is 14.4 Å². The molecular formula is C21H24N4O3. The summed E-state index contributed by atoms with van der Waals surface area (Å²) in [6.45, 7) is 6.05. The molecule has 0 radical (unpaired) electrons. The molecule has 0 aliphatic carbocycles. The minimum Gasteiger partial charge on any atom is -0.352 e. The Morgan fingerprint density at radius 1 is 1.21 bits per heavy atom. The van der Waals surface area contributed by atoms with Crippen molar-refractivity contribution in [3.8, 4) is 11.3 Å². The van der Waals surface area contributed by atoms with Crippen molar-refractivity contribution in [3.05, 3.63) is 52.1 Å². The van der Waals surface area contributed by atoms with E-state index in [1.54, 1.807) is 25.1 Å². The molecule has 1 N–H and O–H groups in total. The molecule has 1 saturated heterocycles. The van der Waals surface area contributed by atoms with Gasteiger partial charge in [0.05, 0.1) is 11.3 Å². The van der Waals surface area contributed by atoms with Crippen LogP contribution in [0.3, 0.4) is 0 Å². The van der Waals surface area contributed by atoms with Crippen LogP contribution in [0.2, 0.25) is 0 Å². The maximum absolute atomic E-state index is 12.8. The number of rotatable bonds is 3. The summed E-state index contributed by atoms with van der Waals surface area (Å²) in [6.07, 6.45) is 2.53. The molecule has 146 valence electrons. The first-order chi connectivity index (χ1) is 13.5. The van der Waals surface area contributed by atoms with Gasteiger partial charge in [-0.05, 0) is 37.5 Å². The zero-order chi connectivity index (χ0) is 19.8. The number of pyridine rings is 2. The van der Waals surface area contributed by atoms with Crippen molar-refractivity contribution in [2.45, 2.75) is 32.7 Å². The summed E-state index contributed by atoms with van der Waals surface area (Å²) in [7, 11) is 0. The molecule has 2 bridgehead atoms. The van der Waals surface area contributed by atoms with Gasteiger partial charge in [-0.1, -0.05) is 0 Å². The lowest BCUT2D eigenvalue weighted by atomic mass is 9.82. The fourth-order valence-electron chi connectivity index (χ4n) is 4.33. The van der Waals surface area contributed by atoms with E-state index in [1.165, 1.54) is 6.20 Å². The summed E-state index contributed by atoms with van der Waals surface area (Å²) in [5.74, 6) is 0.417. The zero-order valence-corrected chi connectivity index (χ0v) is 16.1. The Hall–Kier alpha value is -2.96. The molecule has 2 aliphatic rings. The van der Waals surface area contributed by atoms with Crippen molar-refractivity contribution in [2.24, 2.45) is 5.92 Å². The Morgan fingerprint density at radius 2 is 2.04 bits per heavy atom. The fourth-order valence-corrected chi connectivity index (χ4v) is 4.33. The summed E-state index contributed by atoms with van der Waals surface area (Å²) in [6, 6.07) is 7.12. The van der Waals surface area contributed by atoms with Gasteiger partial charge in [0, 0.05) is 62.5 Å². The number of fused-ring (bicyclic) bond motifs is 4. The maximum atomic E-state index is 12.8. The van der Waals surface area contributed by atoms with E-state index in [2.05, 4.69) is 10.3 Å². The third-order valence-electron chi connectivity index (χ3n) is 5.66. The molecule has 2 aliphatic heterocycles. The molecule has 7 nitrogen and oxygen atoms in total. The number of amides is 2. The quantitative estimate of drug-likeness (QED) is 0.877. The Kier molecular flexibility index (Phi) is 4.75. The molecule has 0 aromatic carbocycles. The van der Waals surface area contributed by atoms with Crippen LogP contribution in [0.5, 0.6) is 0 Å². The average molecular weight is 380 g/mol. The number of nitrogens with zero attached hydrogens (tertiary/aromatic N) is 3. The number of carbonyl (C=O) groups excluding carboxylic acids is 2. The van der Waals surface area contributed by atoms with Crippen LogP contribution in [0.15, 0.2) is 35.3 Å². The number of carbonyl (C=O) groups is 2. The Balaban J connectivity index is 1.67. The van der Waals surface area contributed by atoms with E-state index in [0.717, 1.165) is 24.2 Å². The standard InChI is InChI=1S/C21H24N4O3/c1-3-22-21(28)15-4-5-18(23-9-15)16-7-19-17-6-14(10-24(12-17)13(2)26)11-25(19)20(27)8-16/h4-5,7-9,14,17H,3,6,10-12H2,1-2H3,(H,22,28)/t14-,17+/m0/s1. The molecule has 4 rings (SSSR count). The highest BCUT2D eigenvalue weighted by Crippen LogP contribution is 2.36. The number of hydrogen-bond acceptors (Lipinski definition) is 4. The lowest BCUT2D eigenvalue weighted by Gasteiger charge is -2.42.